The summed E-state index contributed by atoms with van der Waals surface area (Å²) in [6, 6.07) is 0. The van der Waals surface area contributed by atoms with E-state index in [1.165, 1.54) is 11.8 Å². The fraction of sp³-hybridized carbons (Fsp3) is 0.800. The van der Waals surface area contributed by atoms with Crippen molar-refractivity contribution in [3.8, 4) is 0 Å². The average Bonchev–Trinajstić information content (AvgIpc) is 2.16. The van der Waals surface area contributed by atoms with Gasteiger partial charge in [-0.25, -0.2) is 0 Å². The van der Waals surface area contributed by atoms with Gasteiger partial charge in [0.25, 0.3) is 0 Å². The maximum atomic E-state index is 5.29. The number of hydrogen-bond acceptors (Lipinski definition) is 4. The summed E-state index contributed by atoms with van der Waals surface area (Å²) in [5, 5.41) is 3.91. The van der Waals surface area contributed by atoms with Gasteiger partial charge in [0.05, 0.1) is 5.71 Å². The van der Waals surface area contributed by atoms with E-state index in [9.17, 15) is 0 Å². The fourth-order valence-corrected chi connectivity index (χ4v) is 2.34. The second-order valence-corrected chi connectivity index (χ2v) is 5.20. The van der Waals surface area contributed by atoms with E-state index in [2.05, 4.69) is 23.9 Å². The van der Waals surface area contributed by atoms with Gasteiger partial charge in [-0.15, -0.1) is 0 Å². The number of hydrogen-bond donors (Lipinski definition) is 0. The van der Waals surface area contributed by atoms with Crippen LogP contribution in [0.15, 0.2) is 5.16 Å². The number of oxime groups is 1. The predicted molar refractivity (Wildman–Crippen MR) is 72.4 cm³/mol. The van der Waals surface area contributed by atoms with Crippen LogP contribution in [0.5, 0.6) is 0 Å². The van der Waals surface area contributed by atoms with Gasteiger partial charge in [-0.3, -0.25) is 0 Å². The number of thioether (sulfide) groups is 1. The van der Waals surface area contributed by atoms with E-state index in [1.54, 1.807) is 0 Å². The van der Waals surface area contributed by atoms with Crippen molar-refractivity contribution in [1.29, 1.82) is 0 Å². The molecule has 0 bridgehead atoms. The quantitative estimate of drug-likeness (QED) is 0.323. The lowest BCUT2D eigenvalue weighted by Crippen LogP contribution is -2.28. The highest BCUT2D eigenvalue weighted by Gasteiger charge is 2.11. The third-order valence-electron chi connectivity index (χ3n) is 1.67. The minimum absolute atomic E-state index is 0.0343. The normalized spacial score (nSPS) is 11.8. The van der Waals surface area contributed by atoms with E-state index < -0.39 is 0 Å². The van der Waals surface area contributed by atoms with Crippen molar-refractivity contribution >= 4 is 34.0 Å². The topological polar surface area (TPSA) is 24.8 Å². The molecule has 0 spiro atoms. The lowest BCUT2D eigenvalue weighted by molar-refractivity contribution is 0.134. The van der Waals surface area contributed by atoms with Crippen LogP contribution in [0.25, 0.3) is 0 Å². The Morgan fingerprint density at radius 1 is 1.40 bits per heavy atom. The summed E-state index contributed by atoms with van der Waals surface area (Å²) in [4.78, 5) is 7.38. The van der Waals surface area contributed by atoms with Gasteiger partial charge in [0, 0.05) is 13.1 Å². The molecule has 0 saturated heterocycles. The van der Waals surface area contributed by atoms with Gasteiger partial charge < -0.3 is 9.74 Å². The Morgan fingerprint density at radius 3 is 2.33 bits per heavy atom. The average molecular weight is 248 g/mol. The zero-order valence-corrected chi connectivity index (χ0v) is 11.7. The summed E-state index contributed by atoms with van der Waals surface area (Å²) < 4.78 is 0.872. The van der Waals surface area contributed by atoms with Gasteiger partial charge in [0.2, 0.25) is 0 Å². The molecule has 3 nitrogen and oxygen atoms in total. The van der Waals surface area contributed by atoms with E-state index in [1.807, 2.05) is 20.8 Å². The van der Waals surface area contributed by atoms with E-state index in [-0.39, 0.29) is 5.44 Å². The fourth-order valence-electron chi connectivity index (χ4n) is 0.899. The lowest BCUT2D eigenvalue weighted by atomic mass is 10.5. The lowest BCUT2D eigenvalue weighted by Gasteiger charge is -2.22. The third kappa shape index (κ3) is 6.73. The Labute approximate surface area is 102 Å². The summed E-state index contributed by atoms with van der Waals surface area (Å²) in [6.07, 6.45) is 0. The van der Waals surface area contributed by atoms with Crippen LogP contribution in [0.4, 0.5) is 0 Å². The van der Waals surface area contributed by atoms with Crippen molar-refractivity contribution in [1.82, 2.24) is 4.90 Å². The van der Waals surface area contributed by atoms with Crippen LogP contribution in [0.3, 0.4) is 0 Å². The SMILES string of the molecule is CCN(CC)C(=S)SC(C)ON=C(C)C. The highest BCUT2D eigenvalue weighted by molar-refractivity contribution is 8.23. The van der Waals surface area contributed by atoms with Crippen molar-refractivity contribution < 1.29 is 4.84 Å². The second kappa shape index (κ2) is 7.93. The molecule has 0 amide bonds. The number of nitrogens with zero attached hydrogens (tertiary/aromatic N) is 2. The minimum Gasteiger partial charge on any atom is -0.381 e. The summed E-state index contributed by atoms with van der Waals surface area (Å²) in [7, 11) is 0. The maximum Gasteiger partial charge on any atom is 0.176 e. The van der Waals surface area contributed by atoms with Crippen LogP contribution in [0.1, 0.15) is 34.6 Å². The molecule has 1 atom stereocenters. The van der Waals surface area contributed by atoms with E-state index in [0.717, 1.165) is 23.1 Å². The summed E-state index contributed by atoms with van der Waals surface area (Å²) in [5.74, 6) is 0. The highest BCUT2D eigenvalue weighted by atomic mass is 32.2. The molecule has 0 saturated carbocycles. The molecule has 0 aromatic rings. The molecule has 88 valence electrons. The minimum atomic E-state index is -0.0343. The van der Waals surface area contributed by atoms with Gasteiger partial charge in [-0.05, 0) is 46.4 Å². The first-order chi connectivity index (χ1) is 7.01. The molecule has 0 aromatic heterocycles. The smallest absolute Gasteiger partial charge is 0.176 e. The first kappa shape index (κ1) is 14.7. The molecule has 15 heavy (non-hydrogen) atoms. The molecule has 0 rings (SSSR count). The van der Waals surface area contributed by atoms with Gasteiger partial charge in [-0.1, -0.05) is 17.4 Å². The molecular weight excluding hydrogens is 228 g/mol. The Morgan fingerprint density at radius 2 is 1.93 bits per heavy atom. The number of rotatable bonds is 5. The van der Waals surface area contributed by atoms with Crippen LogP contribution in [-0.2, 0) is 4.84 Å². The summed E-state index contributed by atoms with van der Waals surface area (Å²) >= 11 is 6.82. The highest BCUT2D eigenvalue weighted by Crippen LogP contribution is 2.17. The zero-order valence-electron chi connectivity index (χ0n) is 10.1. The Kier molecular flexibility index (Phi) is 7.78. The third-order valence-corrected chi connectivity index (χ3v) is 3.10. The van der Waals surface area contributed by atoms with Gasteiger partial charge in [0.1, 0.15) is 4.32 Å². The monoisotopic (exact) mass is 248 g/mol. The van der Waals surface area contributed by atoms with Crippen LogP contribution >= 0.6 is 24.0 Å². The molecule has 5 heteroatoms. The maximum absolute atomic E-state index is 5.29. The first-order valence-corrected chi connectivity index (χ1v) is 6.42. The van der Waals surface area contributed by atoms with Crippen molar-refractivity contribution in [2.24, 2.45) is 5.16 Å². The molecule has 0 fully saturated rings. The Hall–Kier alpha value is -0.290. The molecule has 1 unspecified atom stereocenters. The van der Waals surface area contributed by atoms with E-state index in [4.69, 9.17) is 17.1 Å². The molecular formula is C10H20N2OS2. The molecule has 0 heterocycles. The molecule has 0 radical (unpaired) electrons. The first-order valence-electron chi connectivity index (χ1n) is 5.13. The van der Waals surface area contributed by atoms with Gasteiger partial charge >= 0.3 is 0 Å². The zero-order chi connectivity index (χ0) is 11.8. The van der Waals surface area contributed by atoms with Crippen LogP contribution < -0.4 is 0 Å². The second-order valence-electron chi connectivity index (χ2n) is 3.27. The summed E-state index contributed by atoms with van der Waals surface area (Å²) in [6.45, 7) is 11.8. The van der Waals surface area contributed by atoms with E-state index in [0.29, 0.717) is 0 Å². The summed E-state index contributed by atoms with van der Waals surface area (Å²) in [5.41, 5.74) is 0.879. The Bertz CT molecular complexity index is 223. The number of thiocarbonyl (C=S) groups is 1. The predicted octanol–water partition coefficient (Wildman–Crippen LogP) is 3.10. The van der Waals surface area contributed by atoms with Crippen LogP contribution in [-0.4, -0.2) is 33.5 Å². The van der Waals surface area contributed by atoms with Crippen LogP contribution in [0, 0.1) is 0 Å². The van der Waals surface area contributed by atoms with Crippen molar-refractivity contribution in [3.05, 3.63) is 0 Å². The van der Waals surface area contributed by atoms with Gasteiger partial charge in [0.15, 0.2) is 5.44 Å². The largest absolute Gasteiger partial charge is 0.381 e. The van der Waals surface area contributed by atoms with Gasteiger partial charge in [-0.2, -0.15) is 0 Å². The molecule has 0 aliphatic rings. The standard InChI is InChI=1S/C10H20N2OS2/c1-6-12(7-2)10(14)15-9(5)13-11-8(3)4/h9H,6-7H2,1-5H3. The van der Waals surface area contributed by atoms with Crippen molar-refractivity contribution in [2.45, 2.75) is 40.1 Å². The molecule has 0 aliphatic heterocycles. The molecule has 0 aliphatic carbocycles. The van der Waals surface area contributed by atoms with Crippen molar-refractivity contribution in [2.75, 3.05) is 13.1 Å². The molecule has 0 N–H and O–H groups in total. The molecule has 0 aromatic carbocycles. The van der Waals surface area contributed by atoms with Crippen molar-refractivity contribution in [3.63, 3.8) is 0 Å². The van der Waals surface area contributed by atoms with E-state index >= 15 is 0 Å². The Balaban J connectivity index is 4.00. The van der Waals surface area contributed by atoms with Crippen LogP contribution in [0.2, 0.25) is 0 Å².